The number of hydrogen-bond donors (Lipinski definition) is 2. The third-order valence-electron chi connectivity index (χ3n) is 0.750. The number of halogens is 1. The summed E-state index contributed by atoms with van der Waals surface area (Å²) >= 11 is 5.53. The van der Waals surface area contributed by atoms with Crippen LogP contribution in [0.1, 0.15) is 0 Å². The van der Waals surface area contributed by atoms with E-state index in [1.807, 2.05) is 0 Å². The molecule has 0 fully saturated rings. The molecule has 1 atom stereocenters. The van der Waals surface area contributed by atoms with Crippen molar-refractivity contribution in [3.8, 4) is 0 Å². The van der Waals surface area contributed by atoms with Crippen molar-refractivity contribution in [2.75, 3.05) is 0 Å². The van der Waals surface area contributed by atoms with Crippen LogP contribution in [0.2, 0.25) is 0 Å². The summed E-state index contributed by atoms with van der Waals surface area (Å²) in [4.78, 5) is 3.68. The molecule has 1 aliphatic rings. The molecule has 1 heterocycles. The van der Waals surface area contributed by atoms with Crippen molar-refractivity contribution >= 4 is 17.9 Å². The Bertz CT molecular complexity index is 124. The van der Waals surface area contributed by atoms with Crippen LogP contribution in [0, 0.1) is 0 Å². The highest BCUT2D eigenvalue weighted by Gasteiger charge is 2.14. The molecule has 0 bridgehead atoms. The summed E-state index contributed by atoms with van der Waals surface area (Å²) in [6, 6.07) is 0. The Labute approximate surface area is 52.2 Å². The Hall–Kier alpha value is -0.540. The van der Waals surface area contributed by atoms with E-state index >= 15 is 0 Å². The molecule has 0 aromatic rings. The number of hydrogen-bond acceptors (Lipinski definition) is 3. The number of rotatable bonds is 0. The van der Waals surface area contributed by atoms with Gasteiger partial charge in [-0.1, -0.05) is 11.6 Å². The average Bonchev–Trinajstić information content (AvgIpc) is 1.65. The molecule has 4 heteroatoms. The van der Waals surface area contributed by atoms with Gasteiger partial charge in [-0.3, -0.25) is 5.73 Å². The maximum absolute atomic E-state index is 5.53. The molecule has 1 unspecified atom stereocenters. The normalized spacial score (nSPS) is 34.8. The van der Waals surface area contributed by atoms with Gasteiger partial charge in [0, 0.05) is 6.20 Å². The quantitative estimate of drug-likeness (QED) is 0.359. The van der Waals surface area contributed by atoms with Crippen LogP contribution in [-0.2, 0) is 0 Å². The third-order valence-corrected chi connectivity index (χ3v) is 0.974. The van der Waals surface area contributed by atoms with Gasteiger partial charge in [0.25, 0.3) is 0 Å². The van der Waals surface area contributed by atoms with E-state index in [1.165, 1.54) is 6.34 Å². The molecule has 1 rings (SSSR count). The maximum atomic E-state index is 5.53. The number of nitrogens with two attached hydrogens (primary N) is 1. The number of aliphatic imine (C=N–C) groups is 1. The Morgan fingerprint density at radius 2 is 2.50 bits per heavy atom. The zero-order valence-corrected chi connectivity index (χ0v) is 4.89. The van der Waals surface area contributed by atoms with E-state index in [9.17, 15) is 0 Å². The minimum absolute atomic E-state index is 1.02. The van der Waals surface area contributed by atoms with Crippen molar-refractivity contribution in [2.45, 2.75) is 5.12 Å². The van der Waals surface area contributed by atoms with E-state index in [1.54, 1.807) is 12.3 Å². The van der Waals surface area contributed by atoms with Crippen LogP contribution in [0.4, 0.5) is 0 Å². The first-order valence-corrected chi connectivity index (χ1v) is 2.54. The Kier molecular flexibility index (Phi) is 1.23. The lowest BCUT2D eigenvalue weighted by atomic mass is 10.5. The van der Waals surface area contributed by atoms with Gasteiger partial charge in [0.1, 0.15) is 0 Å². The molecule has 0 aromatic heterocycles. The largest absolute Gasteiger partial charge is 0.353 e. The summed E-state index contributed by atoms with van der Waals surface area (Å²) in [6.07, 6.45) is 4.65. The lowest BCUT2D eigenvalue weighted by Gasteiger charge is -2.13. The second-order valence-electron chi connectivity index (χ2n) is 1.49. The molecule has 3 nitrogen and oxygen atoms in total. The maximum Gasteiger partial charge on any atom is 0.206 e. The van der Waals surface area contributed by atoms with E-state index < -0.39 is 5.12 Å². The first kappa shape index (κ1) is 5.59. The Balaban J connectivity index is 2.69. The van der Waals surface area contributed by atoms with Crippen molar-refractivity contribution in [1.29, 1.82) is 0 Å². The molecule has 0 spiro atoms. The van der Waals surface area contributed by atoms with Gasteiger partial charge in [0.2, 0.25) is 5.12 Å². The van der Waals surface area contributed by atoms with E-state index in [0.717, 1.165) is 0 Å². The molecule has 44 valence electrons. The van der Waals surface area contributed by atoms with Crippen molar-refractivity contribution in [1.82, 2.24) is 5.32 Å². The van der Waals surface area contributed by atoms with E-state index in [2.05, 4.69) is 10.3 Å². The van der Waals surface area contributed by atoms with Gasteiger partial charge < -0.3 is 5.32 Å². The van der Waals surface area contributed by atoms with Gasteiger partial charge in [-0.05, 0) is 6.08 Å². The third kappa shape index (κ3) is 1.21. The molecule has 0 aliphatic carbocycles. The standard InChI is InChI=1S/C4H6ClN3/c5-4(6)1-2-7-3-8-4/h1-3H,6H2,(H,7,8). The highest BCUT2D eigenvalue weighted by atomic mass is 35.5. The minimum atomic E-state index is -1.02. The molecular weight excluding hydrogens is 126 g/mol. The summed E-state index contributed by atoms with van der Waals surface area (Å²) < 4.78 is 0. The van der Waals surface area contributed by atoms with Crippen LogP contribution in [0.15, 0.2) is 17.3 Å². The molecule has 0 amide bonds. The van der Waals surface area contributed by atoms with Crippen molar-refractivity contribution in [3.05, 3.63) is 12.3 Å². The van der Waals surface area contributed by atoms with Gasteiger partial charge >= 0.3 is 0 Å². The second kappa shape index (κ2) is 1.76. The molecule has 0 radical (unpaired) electrons. The Morgan fingerprint density at radius 3 is 2.75 bits per heavy atom. The van der Waals surface area contributed by atoms with Crippen molar-refractivity contribution < 1.29 is 0 Å². The first-order chi connectivity index (χ1) is 3.71. The minimum Gasteiger partial charge on any atom is -0.353 e. The van der Waals surface area contributed by atoms with Crippen LogP contribution in [0.5, 0.6) is 0 Å². The van der Waals surface area contributed by atoms with Crippen LogP contribution in [0.25, 0.3) is 0 Å². The first-order valence-electron chi connectivity index (χ1n) is 2.16. The molecule has 3 N–H and O–H groups in total. The van der Waals surface area contributed by atoms with E-state index in [0.29, 0.717) is 0 Å². The van der Waals surface area contributed by atoms with Gasteiger partial charge in [-0.25, -0.2) is 4.99 Å². The lowest BCUT2D eigenvalue weighted by molar-refractivity contribution is 0.770. The van der Waals surface area contributed by atoms with Crippen molar-refractivity contribution in [2.24, 2.45) is 10.7 Å². The SMILES string of the molecule is NC1(Cl)C=CNC=N1. The second-order valence-corrected chi connectivity index (χ2v) is 2.09. The molecule has 1 aliphatic heterocycles. The molecule has 0 aromatic carbocycles. The molecule has 0 saturated carbocycles. The monoisotopic (exact) mass is 131 g/mol. The summed E-state index contributed by atoms with van der Waals surface area (Å²) in [5, 5.41) is 1.68. The van der Waals surface area contributed by atoms with Crippen LogP contribution >= 0.6 is 11.6 Å². The van der Waals surface area contributed by atoms with Gasteiger partial charge in [-0.15, -0.1) is 0 Å². The van der Waals surface area contributed by atoms with E-state index in [4.69, 9.17) is 17.3 Å². The van der Waals surface area contributed by atoms with Crippen LogP contribution in [-0.4, -0.2) is 11.5 Å². The van der Waals surface area contributed by atoms with Gasteiger partial charge in [0.15, 0.2) is 0 Å². The van der Waals surface area contributed by atoms with E-state index in [-0.39, 0.29) is 0 Å². The molecular formula is C4H6ClN3. The lowest BCUT2D eigenvalue weighted by Crippen LogP contribution is -2.32. The van der Waals surface area contributed by atoms with Gasteiger partial charge in [-0.2, -0.15) is 0 Å². The molecule has 8 heavy (non-hydrogen) atoms. The number of nitrogens with zero attached hydrogens (tertiary/aromatic N) is 1. The summed E-state index contributed by atoms with van der Waals surface area (Å²) in [7, 11) is 0. The zero-order valence-electron chi connectivity index (χ0n) is 4.13. The van der Waals surface area contributed by atoms with Crippen molar-refractivity contribution in [3.63, 3.8) is 0 Å². The summed E-state index contributed by atoms with van der Waals surface area (Å²) in [5.41, 5.74) is 5.32. The summed E-state index contributed by atoms with van der Waals surface area (Å²) in [5.74, 6) is 0. The highest BCUT2D eigenvalue weighted by molar-refractivity contribution is 6.25. The van der Waals surface area contributed by atoms with Crippen LogP contribution in [0.3, 0.4) is 0 Å². The summed E-state index contributed by atoms with van der Waals surface area (Å²) in [6.45, 7) is 0. The predicted molar refractivity (Wildman–Crippen MR) is 33.5 cm³/mol. The zero-order chi connectivity index (χ0) is 6.04. The fourth-order valence-electron chi connectivity index (χ4n) is 0.387. The average molecular weight is 132 g/mol. The predicted octanol–water partition coefficient (Wildman–Crippen LogP) is -0.0171. The topological polar surface area (TPSA) is 50.4 Å². The number of nitrogens with one attached hydrogen (secondary N) is 1. The fraction of sp³-hybridized carbons (Fsp3) is 0.250. The number of alkyl halides is 1. The Morgan fingerprint density at radius 1 is 1.75 bits per heavy atom. The van der Waals surface area contributed by atoms with Gasteiger partial charge in [0.05, 0.1) is 6.34 Å². The van der Waals surface area contributed by atoms with Crippen LogP contribution < -0.4 is 11.1 Å². The smallest absolute Gasteiger partial charge is 0.206 e. The highest BCUT2D eigenvalue weighted by Crippen LogP contribution is 2.10. The fourth-order valence-corrected chi connectivity index (χ4v) is 0.499. The molecule has 0 saturated heterocycles.